The Morgan fingerprint density at radius 2 is 1.87 bits per heavy atom. The largest absolute Gasteiger partial charge is 0.371 e. The van der Waals surface area contributed by atoms with Gasteiger partial charge in [-0.2, -0.15) is 0 Å². The minimum absolute atomic E-state index is 0.537. The smallest absolute Gasteiger partial charge is 0.229 e. The molecule has 0 spiro atoms. The third-order valence-corrected chi connectivity index (χ3v) is 7.22. The molecule has 4 rings (SSSR count). The molecule has 0 saturated carbocycles. The van der Waals surface area contributed by atoms with Gasteiger partial charge in [0.1, 0.15) is 5.01 Å². The zero-order valence-corrected chi connectivity index (χ0v) is 19.5. The van der Waals surface area contributed by atoms with E-state index < -0.39 is 10.0 Å². The second kappa shape index (κ2) is 8.85. The van der Waals surface area contributed by atoms with E-state index in [4.69, 9.17) is 0 Å². The third-order valence-electron chi connectivity index (χ3n) is 5.80. The number of hydrogen-bond donors (Lipinski definition) is 1. The molecule has 0 amide bonds. The monoisotopic (exact) mass is 453 g/mol. The lowest BCUT2D eigenvalue weighted by molar-refractivity contribution is 0.299. The van der Waals surface area contributed by atoms with Crippen molar-refractivity contribution < 1.29 is 8.42 Å². The third kappa shape index (κ3) is 5.17. The minimum atomic E-state index is -3.32. The van der Waals surface area contributed by atoms with Crippen LogP contribution in [-0.2, 0) is 10.0 Å². The van der Waals surface area contributed by atoms with Gasteiger partial charge in [-0.05, 0) is 48.4 Å². The number of hydrogen-bond acceptors (Lipinski definition) is 5. The van der Waals surface area contributed by atoms with Gasteiger partial charge in [0.05, 0.1) is 11.9 Å². The fourth-order valence-electron chi connectivity index (χ4n) is 4.04. The molecule has 1 fully saturated rings. The van der Waals surface area contributed by atoms with Gasteiger partial charge < -0.3 is 4.90 Å². The Morgan fingerprint density at radius 1 is 1.16 bits per heavy atom. The number of piperidine rings is 1. The number of nitrogens with one attached hydrogen (secondary N) is 1. The summed E-state index contributed by atoms with van der Waals surface area (Å²) < 4.78 is 25.9. The molecule has 3 aromatic rings. The molecule has 0 unspecified atom stereocenters. The zero-order valence-electron chi connectivity index (χ0n) is 17.8. The van der Waals surface area contributed by atoms with Gasteiger partial charge in [-0.3, -0.25) is 4.72 Å². The molecule has 1 N–H and O–H groups in total. The summed E-state index contributed by atoms with van der Waals surface area (Å²) in [7, 11) is -3.32. The summed E-state index contributed by atoms with van der Waals surface area (Å²) in [5.74, 6) is 0.537. The number of aryl methyl sites for hydroxylation is 1. The fourth-order valence-corrected chi connectivity index (χ4v) is 5.30. The summed E-state index contributed by atoms with van der Waals surface area (Å²) in [6, 6.07) is 14.6. The first-order valence-corrected chi connectivity index (χ1v) is 13.1. The molecule has 0 aliphatic carbocycles. The molecule has 1 aromatic heterocycles. The predicted octanol–water partition coefficient (Wildman–Crippen LogP) is 5.34. The molecule has 31 heavy (non-hydrogen) atoms. The standard InChI is InChI=1S/C24H27N3O2S2/c1-17-4-5-22(16-23(17)26-31(3,28)29)18(2)27-13-10-20(11-14-27)19-6-8-21(9-7-19)24-25-12-15-30-24/h4-9,12,15-16,20,26H,2,10-11,13-14H2,1,3H3. The van der Waals surface area contributed by atoms with Gasteiger partial charge in [-0.25, -0.2) is 13.4 Å². The maximum absolute atomic E-state index is 11.6. The molecule has 2 aromatic carbocycles. The van der Waals surface area contributed by atoms with E-state index in [1.807, 2.05) is 36.7 Å². The lowest BCUT2D eigenvalue weighted by atomic mass is 9.88. The van der Waals surface area contributed by atoms with Crippen LogP contribution in [0.25, 0.3) is 16.3 Å². The average molecular weight is 454 g/mol. The van der Waals surface area contributed by atoms with Crippen LogP contribution in [0, 0.1) is 6.92 Å². The van der Waals surface area contributed by atoms with E-state index in [-0.39, 0.29) is 0 Å². The first-order chi connectivity index (χ1) is 14.8. The number of aromatic nitrogens is 1. The molecule has 7 heteroatoms. The number of benzene rings is 2. The van der Waals surface area contributed by atoms with Crippen LogP contribution >= 0.6 is 11.3 Å². The van der Waals surface area contributed by atoms with Crippen LogP contribution in [0.5, 0.6) is 0 Å². The van der Waals surface area contributed by atoms with Gasteiger partial charge >= 0.3 is 0 Å². The van der Waals surface area contributed by atoms with Gasteiger partial charge in [-0.1, -0.05) is 43.0 Å². The second-order valence-corrected chi connectivity index (χ2v) is 10.7. The maximum atomic E-state index is 11.6. The van der Waals surface area contributed by atoms with Crippen LogP contribution in [0.4, 0.5) is 5.69 Å². The molecular weight excluding hydrogens is 426 g/mol. The van der Waals surface area contributed by atoms with Crippen LogP contribution in [0.2, 0.25) is 0 Å². The van der Waals surface area contributed by atoms with Crippen molar-refractivity contribution >= 4 is 32.7 Å². The summed E-state index contributed by atoms with van der Waals surface area (Å²) in [4.78, 5) is 6.68. The first kappa shape index (κ1) is 21.6. The molecule has 162 valence electrons. The normalized spacial score (nSPS) is 15.1. The van der Waals surface area contributed by atoms with E-state index in [0.29, 0.717) is 11.6 Å². The lowest BCUT2D eigenvalue weighted by Gasteiger charge is -2.35. The summed E-state index contributed by atoms with van der Waals surface area (Å²) >= 11 is 1.66. The highest BCUT2D eigenvalue weighted by molar-refractivity contribution is 7.92. The second-order valence-electron chi connectivity index (χ2n) is 8.07. The Bertz CT molecular complexity index is 1160. The molecule has 0 bridgehead atoms. The van der Waals surface area contributed by atoms with Crippen molar-refractivity contribution in [3.05, 3.63) is 77.3 Å². The summed E-state index contributed by atoms with van der Waals surface area (Å²) in [5, 5.41) is 3.06. The Balaban J connectivity index is 1.40. The SMILES string of the molecule is C=C(c1ccc(C)c(NS(C)(=O)=O)c1)N1CCC(c2ccc(-c3nccs3)cc2)CC1. The topological polar surface area (TPSA) is 62.3 Å². The molecule has 5 nitrogen and oxygen atoms in total. The van der Waals surface area contributed by atoms with Gasteiger partial charge in [0.15, 0.2) is 0 Å². The lowest BCUT2D eigenvalue weighted by Crippen LogP contribution is -2.31. The van der Waals surface area contributed by atoms with E-state index in [1.165, 1.54) is 17.4 Å². The molecular formula is C24H27N3O2S2. The van der Waals surface area contributed by atoms with Crippen LogP contribution < -0.4 is 4.72 Å². The number of rotatable bonds is 6. The van der Waals surface area contributed by atoms with Crippen molar-refractivity contribution in [1.29, 1.82) is 0 Å². The van der Waals surface area contributed by atoms with Crippen molar-refractivity contribution in [3.8, 4) is 10.6 Å². The number of nitrogens with zero attached hydrogens (tertiary/aromatic N) is 2. The molecule has 1 aliphatic heterocycles. The summed E-state index contributed by atoms with van der Waals surface area (Å²) in [6.45, 7) is 8.05. The van der Waals surface area contributed by atoms with E-state index in [9.17, 15) is 8.42 Å². The highest BCUT2D eigenvalue weighted by atomic mass is 32.2. The molecule has 1 saturated heterocycles. The minimum Gasteiger partial charge on any atom is -0.371 e. The van der Waals surface area contributed by atoms with Gasteiger partial charge in [-0.15, -0.1) is 11.3 Å². The Kier molecular flexibility index (Phi) is 6.16. The van der Waals surface area contributed by atoms with Crippen molar-refractivity contribution in [1.82, 2.24) is 9.88 Å². The van der Waals surface area contributed by atoms with Gasteiger partial charge in [0.25, 0.3) is 0 Å². The number of thiazole rings is 1. The summed E-state index contributed by atoms with van der Waals surface area (Å²) in [5.41, 5.74) is 5.93. The van der Waals surface area contributed by atoms with E-state index in [0.717, 1.165) is 47.8 Å². The molecule has 1 aliphatic rings. The van der Waals surface area contributed by atoms with Crippen molar-refractivity contribution in [2.45, 2.75) is 25.7 Å². The molecule has 2 heterocycles. The van der Waals surface area contributed by atoms with Crippen LogP contribution in [-0.4, -0.2) is 37.6 Å². The number of sulfonamides is 1. The average Bonchev–Trinajstić information content (AvgIpc) is 3.29. The van der Waals surface area contributed by atoms with Crippen molar-refractivity contribution in [2.24, 2.45) is 0 Å². The highest BCUT2D eigenvalue weighted by Crippen LogP contribution is 2.33. The molecule has 0 atom stereocenters. The summed E-state index contributed by atoms with van der Waals surface area (Å²) in [6.07, 6.45) is 5.14. The van der Waals surface area contributed by atoms with Crippen LogP contribution in [0.1, 0.15) is 35.4 Å². The quantitative estimate of drug-likeness (QED) is 0.547. The van der Waals surface area contributed by atoms with Crippen molar-refractivity contribution in [3.63, 3.8) is 0 Å². The van der Waals surface area contributed by atoms with E-state index >= 15 is 0 Å². The molecule has 0 radical (unpaired) electrons. The van der Waals surface area contributed by atoms with E-state index in [1.54, 1.807) is 11.3 Å². The zero-order chi connectivity index (χ0) is 22.0. The van der Waals surface area contributed by atoms with Crippen molar-refractivity contribution in [2.75, 3.05) is 24.1 Å². The van der Waals surface area contributed by atoms with Crippen LogP contribution in [0.15, 0.2) is 60.6 Å². The number of anilines is 1. The first-order valence-electron chi connectivity index (χ1n) is 10.3. The van der Waals surface area contributed by atoms with E-state index in [2.05, 4.69) is 45.5 Å². The van der Waals surface area contributed by atoms with Gasteiger partial charge in [0, 0.05) is 35.9 Å². The maximum Gasteiger partial charge on any atom is 0.229 e. The number of likely N-dealkylation sites (tertiary alicyclic amines) is 1. The fraction of sp³-hybridized carbons (Fsp3) is 0.292. The van der Waals surface area contributed by atoms with Gasteiger partial charge in [0.2, 0.25) is 10.0 Å². The Labute approximate surface area is 188 Å². The predicted molar refractivity (Wildman–Crippen MR) is 130 cm³/mol. The highest BCUT2D eigenvalue weighted by Gasteiger charge is 2.22. The van der Waals surface area contributed by atoms with Crippen LogP contribution in [0.3, 0.4) is 0 Å². The Hall–Kier alpha value is -2.64. The Morgan fingerprint density at radius 3 is 2.48 bits per heavy atom.